The lowest BCUT2D eigenvalue weighted by Crippen LogP contribution is -2.41. The van der Waals surface area contributed by atoms with Crippen molar-refractivity contribution in [1.29, 1.82) is 0 Å². The SMILES string of the molecule is CCN(CC(=O)Nc1cc(C(=O)OC)ccc1Cl)C1CCS(=O)(=O)C1. The van der Waals surface area contributed by atoms with Crippen molar-refractivity contribution in [1.82, 2.24) is 4.90 Å². The van der Waals surface area contributed by atoms with Crippen LogP contribution in [0.3, 0.4) is 0 Å². The number of ether oxygens (including phenoxy) is 1. The normalized spacial score (nSPS) is 19.0. The predicted octanol–water partition coefficient (Wildman–Crippen LogP) is 1.57. The third-order valence-electron chi connectivity index (χ3n) is 4.14. The number of hydrogen-bond donors (Lipinski definition) is 1. The van der Waals surface area contributed by atoms with Gasteiger partial charge in [-0.05, 0) is 31.2 Å². The molecule has 1 fully saturated rings. The van der Waals surface area contributed by atoms with Crippen LogP contribution in [-0.2, 0) is 19.4 Å². The van der Waals surface area contributed by atoms with Crippen LogP contribution in [0.15, 0.2) is 18.2 Å². The standard InChI is InChI=1S/C16H21ClN2O5S/c1-3-19(12-6-7-25(22,23)10-12)9-15(20)18-14-8-11(16(21)24-2)4-5-13(14)17/h4-5,8,12H,3,6-7,9-10H2,1-2H3,(H,18,20). The third-order valence-corrected chi connectivity index (χ3v) is 6.22. The first-order valence-corrected chi connectivity index (χ1v) is 10.1. The second kappa shape index (κ2) is 8.16. The summed E-state index contributed by atoms with van der Waals surface area (Å²) in [7, 11) is -1.75. The number of esters is 1. The van der Waals surface area contributed by atoms with Crippen molar-refractivity contribution in [3.63, 3.8) is 0 Å². The van der Waals surface area contributed by atoms with Crippen molar-refractivity contribution in [3.05, 3.63) is 28.8 Å². The smallest absolute Gasteiger partial charge is 0.337 e. The zero-order valence-corrected chi connectivity index (χ0v) is 15.7. The Labute approximate surface area is 152 Å². The number of amides is 1. The summed E-state index contributed by atoms with van der Waals surface area (Å²) in [4.78, 5) is 25.7. The van der Waals surface area contributed by atoms with Crippen LogP contribution in [-0.4, -0.2) is 62.9 Å². The third kappa shape index (κ3) is 5.17. The lowest BCUT2D eigenvalue weighted by Gasteiger charge is -2.25. The number of anilines is 1. The second-order valence-electron chi connectivity index (χ2n) is 5.85. The molecule has 25 heavy (non-hydrogen) atoms. The highest BCUT2D eigenvalue weighted by molar-refractivity contribution is 7.91. The molecule has 1 aromatic rings. The van der Waals surface area contributed by atoms with Crippen LogP contribution in [0.25, 0.3) is 0 Å². The number of rotatable bonds is 6. The van der Waals surface area contributed by atoms with Crippen LogP contribution in [0.4, 0.5) is 5.69 Å². The molecule has 1 N–H and O–H groups in total. The van der Waals surface area contributed by atoms with E-state index in [1.54, 1.807) is 0 Å². The Kier molecular flexibility index (Phi) is 6.42. The van der Waals surface area contributed by atoms with E-state index in [4.69, 9.17) is 11.6 Å². The Morgan fingerprint density at radius 1 is 1.40 bits per heavy atom. The van der Waals surface area contributed by atoms with Gasteiger partial charge < -0.3 is 10.1 Å². The number of nitrogens with zero attached hydrogens (tertiary/aromatic N) is 1. The van der Waals surface area contributed by atoms with Crippen molar-refractivity contribution in [2.24, 2.45) is 0 Å². The first-order valence-electron chi connectivity index (χ1n) is 7.88. The van der Waals surface area contributed by atoms with Gasteiger partial charge in [0.25, 0.3) is 0 Å². The molecule has 0 radical (unpaired) electrons. The number of sulfone groups is 1. The molecule has 1 heterocycles. The Hall–Kier alpha value is -1.64. The summed E-state index contributed by atoms with van der Waals surface area (Å²) in [5.74, 6) is -0.622. The lowest BCUT2D eigenvalue weighted by atomic mass is 10.2. The molecule has 0 bridgehead atoms. The molecule has 0 aliphatic carbocycles. The van der Waals surface area contributed by atoms with E-state index in [9.17, 15) is 18.0 Å². The van der Waals surface area contributed by atoms with E-state index in [1.807, 2.05) is 11.8 Å². The summed E-state index contributed by atoms with van der Waals surface area (Å²) in [6.07, 6.45) is 0.530. The van der Waals surface area contributed by atoms with Crippen molar-refractivity contribution in [2.45, 2.75) is 19.4 Å². The minimum Gasteiger partial charge on any atom is -0.465 e. The number of carbonyl (C=O) groups is 2. The van der Waals surface area contributed by atoms with Gasteiger partial charge in [-0.15, -0.1) is 0 Å². The molecule has 0 aromatic heterocycles. The van der Waals surface area contributed by atoms with E-state index < -0.39 is 15.8 Å². The molecule has 9 heteroatoms. The average Bonchev–Trinajstić information content (AvgIpc) is 2.93. The Bertz CT molecular complexity index is 766. The summed E-state index contributed by atoms with van der Waals surface area (Å²) in [5.41, 5.74) is 0.584. The molecule has 1 amide bonds. The van der Waals surface area contributed by atoms with Crippen molar-refractivity contribution < 1.29 is 22.7 Å². The fourth-order valence-corrected chi connectivity index (χ4v) is 4.73. The van der Waals surface area contributed by atoms with Crippen molar-refractivity contribution in [3.8, 4) is 0 Å². The van der Waals surface area contributed by atoms with E-state index in [0.29, 0.717) is 23.7 Å². The maximum atomic E-state index is 12.3. The van der Waals surface area contributed by atoms with Crippen LogP contribution in [0, 0.1) is 0 Å². The zero-order chi connectivity index (χ0) is 18.6. The van der Waals surface area contributed by atoms with E-state index in [2.05, 4.69) is 10.1 Å². The highest BCUT2D eigenvalue weighted by atomic mass is 35.5. The number of benzene rings is 1. The van der Waals surface area contributed by atoms with Gasteiger partial charge in [0, 0.05) is 6.04 Å². The minimum absolute atomic E-state index is 0.0511. The van der Waals surface area contributed by atoms with Gasteiger partial charge in [0.2, 0.25) is 5.91 Å². The maximum Gasteiger partial charge on any atom is 0.337 e. The molecule has 0 spiro atoms. The van der Waals surface area contributed by atoms with Crippen LogP contribution < -0.4 is 5.32 Å². The van der Waals surface area contributed by atoms with E-state index in [1.165, 1.54) is 25.3 Å². The highest BCUT2D eigenvalue weighted by Gasteiger charge is 2.32. The molecular formula is C16H21ClN2O5S. The molecule has 0 saturated carbocycles. The largest absolute Gasteiger partial charge is 0.465 e. The van der Waals surface area contributed by atoms with Gasteiger partial charge in [-0.25, -0.2) is 13.2 Å². The average molecular weight is 389 g/mol. The summed E-state index contributed by atoms with van der Waals surface area (Å²) in [6.45, 7) is 2.49. The number of methoxy groups -OCH3 is 1. The quantitative estimate of drug-likeness (QED) is 0.743. The van der Waals surface area contributed by atoms with Gasteiger partial charge in [-0.3, -0.25) is 9.69 Å². The van der Waals surface area contributed by atoms with Gasteiger partial charge in [0.15, 0.2) is 9.84 Å². The molecule has 2 rings (SSSR count). The van der Waals surface area contributed by atoms with Gasteiger partial charge in [-0.1, -0.05) is 18.5 Å². The predicted molar refractivity (Wildman–Crippen MR) is 95.7 cm³/mol. The number of halogens is 1. The summed E-state index contributed by atoms with van der Waals surface area (Å²) >= 11 is 6.06. The van der Waals surface area contributed by atoms with Crippen LogP contribution in [0.2, 0.25) is 5.02 Å². The molecule has 138 valence electrons. The van der Waals surface area contributed by atoms with Gasteiger partial charge in [0.05, 0.1) is 41.4 Å². The van der Waals surface area contributed by atoms with Crippen molar-refractivity contribution >= 4 is 39.0 Å². The summed E-state index contributed by atoms with van der Waals surface area (Å²) < 4.78 is 27.9. The number of likely N-dealkylation sites (N-methyl/N-ethyl adjacent to an activating group) is 1. The fourth-order valence-electron chi connectivity index (χ4n) is 2.80. The molecule has 1 unspecified atom stereocenters. The second-order valence-corrected chi connectivity index (χ2v) is 8.49. The minimum atomic E-state index is -3.02. The fraction of sp³-hybridized carbons (Fsp3) is 0.500. The van der Waals surface area contributed by atoms with Gasteiger partial charge in [-0.2, -0.15) is 0 Å². The van der Waals surface area contributed by atoms with Crippen LogP contribution in [0.1, 0.15) is 23.7 Å². The van der Waals surface area contributed by atoms with E-state index in [0.717, 1.165) is 0 Å². The number of hydrogen-bond acceptors (Lipinski definition) is 6. The van der Waals surface area contributed by atoms with Gasteiger partial charge in [0.1, 0.15) is 0 Å². The molecule has 1 atom stereocenters. The van der Waals surface area contributed by atoms with E-state index >= 15 is 0 Å². The molecule has 1 aromatic carbocycles. The lowest BCUT2D eigenvalue weighted by molar-refractivity contribution is -0.117. The maximum absolute atomic E-state index is 12.3. The molecule has 1 saturated heterocycles. The molecule has 1 aliphatic rings. The molecular weight excluding hydrogens is 368 g/mol. The highest BCUT2D eigenvalue weighted by Crippen LogP contribution is 2.24. The van der Waals surface area contributed by atoms with Crippen molar-refractivity contribution in [2.75, 3.05) is 37.0 Å². The first kappa shape index (κ1) is 19.7. The topological polar surface area (TPSA) is 92.8 Å². The van der Waals surface area contributed by atoms with E-state index in [-0.39, 0.29) is 35.6 Å². The van der Waals surface area contributed by atoms with Gasteiger partial charge >= 0.3 is 5.97 Å². The van der Waals surface area contributed by atoms with Crippen LogP contribution >= 0.6 is 11.6 Å². The Balaban J connectivity index is 2.05. The first-order chi connectivity index (χ1) is 11.8. The molecule has 7 nitrogen and oxygen atoms in total. The Morgan fingerprint density at radius 3 is 2.68 bits per heavy atom. The Morgan fingerprint density at radius 2 is 2.12 bits per heavy atom. The van der Waals surface area contributed by atoms with Crippen LogP contribution in [0.5, 0.6) is 0 Å². The number of nitrogens with one attached hydrogen (secondary N) is 1. The zero-order valence-electron chi connectivity index (χ0n) is 14.1. The number of carbonyl (C=O) groups excluding carboxylic acids is 2. The summed E-state index contributed by atoms with van der Waals surface area (Å²) in [6, 6.07) is 4.30. The monoisotopic (exact) mass is 388 g/mol. The molecule has 1 aliphatic heterocycles. The summed E-state index contributed by atoms with van der Waals surface area (Å²) in [5, 5.41) is 2.97.